The molecule has 0 aromatic heterocycles. The summed E-state index contributed by atoms with van der Waals surface area (Å²) in [5, 5.41) is -5.53. The molecule has 0 aliphatic carbocycles. The number of anilines is 1. The van der Waals surface area contributed by atoms with Gasteiger partial charge in [-0.25, -0.2) is 0 Å². The van der Waals surface area contributed by atoms with Gasteiger partial charge in [0.25, 0.3) is 0 Å². The Morgan fingerprint density at radius 2 is 1.48 bits per heavy atom. The van der Waals surface area contributed by atoms with E-state index in [0.717, 1.165) is 44.5 Å². The summed E-state index contributed by atoms with van der Waals surface area (Å²) in [6.07, 6.45) is -5.77. The van der Waals surface area contributed by atoms with Gasteiger partial charge in [0.15, 0.2) is 0 Å². The second-order valence-corrected chi connectivity index (χ2v) is 8.12. The molecule has 0 bridgehead atoms. The summed E-state index contributed by atoms with van der Waals surface area (Å²) in [7, 11) is -6.31. The molecule has 0 fully saturated rings. The molecule has 0 saturated carbocycles. The van der Waals surface area contributed by atoms with Crippen LogP contribution in [0.4, 0.5) is 27.6 Å². The summed E-state index contributed by atoms with van der Waals surface area (Å²) in [4.78, 5) is 2.13. The van der Waals surface area contributed by atoms with Gasteiger partial charge >= 0.3 is 21.5 Å². The Morgan fingerprint density at radius 1 is 1.00 bits per heavy atom. The van der Waals surface area contributed by atoms with Crippen molar-refractivity contribution >= 4 is 15.8 Å². The van der Waals surface area contributed by atoms with Gasteiger partial charge in [0, 0.05) is 18.8 Å². The molecule has 5 nitrogen and oxygen atoms in total. The summed E-state index contributed by atoms with van der Waals surface area (Å²) in [6.45, 7) is 4.82. The monoisotopic (exact) mass is 447 g/mol. The zero-order valence-corrected chi connectivity index (χ0v) is 17.1. The van der Waals surface area contributed by atoms with Gasteiger partial charge in [-0.1, -0.05) is 38.8 Å². The fraction of sp³-hybridized carbons (Fsp3) is 0.667. The van der Waals surface area contributed by atoms with Crippen LogP contribution in [-0.4, -0.2) is 43.6 Å². The standard InChI is InChI=1S/C18H26F5NO4S/c1-3-5-11-24(12-6-4-2)15-9-7-14(8-10-15)13-28-16(17(19,20)21)18(22,23)29(25,26)27/h7-10,16H,3-6,11-13H2,1-2H3,(H,25,26,27). The second-order valence-electron chi connectivity index (χ2n) is 6.63. The van der Waals surface area contributed by atoms with E-state index < -0.39 is 34.3 Å². The van der Waals surface area contributed by atoms with Crippen LogP contribution in [0.25, 0.3) is 0 Å². The van der Waals surface area contributed by atoms with Crippen LogP contribution in [0.2, 0.25) is 0 Å². The summed E-state index contributed by atoms with van der Waals surface area (Å²) in [5.74, 6) is 0. The molecule has 0 aliphatic heterocycles. The molecule has 168 valence electrons. The van der Waals surface area contributed by atoms with Gasteiger partial charge in [-0.3, -0.25) is 4.55 Å². The fourth-order valence-corrected chi connectivity index (χ4v) is 3.04. The Hall–Kier alpha value is -1.46. The molecule has 0 radical (unpaired) electrons. The van der Waals surface area contributed by atoms with Crippen molar-refractivity contribution in [3.8, 4) is 0 Å². The van der Waals surface area contributed by atoms with Crippen molar-refractivity contribution in [1.82, 2.24) is 0 Å². The van der Waals surface area contributed by atoms with Crippen molar-refractivity contribution in [3.05, 3.63) is 29.8 Å². The van der Waals surface area contributed by atoms with Crippen LogP contribution < -0.4 is 4.90 Å². The van der Waals surface area contributed by atoms with Gasteiger partial charge in [-0.05, 0) is 30.5 Å². The first-order valence-electron chi connectivity index (χ1n) is 9.21. The van der Waals surface area contributed by atoms with Crippen molar-refractivity contribution in [2.75, 3.05) is 18.0 Å². The Morgan fingerprint density at radius 3 is 1.86 bits per heavy atom. The minimum Gasteiger partial charge on any atom is -0.372 e. The molecule has 1 aromatic carbocycles. The van der Waals surface area contributed by atoms with Crippen molar-refractivity contribution in [2.24, 2.45) is 0 Å². The van der Waals surface area contributed by atoms with E-state index in [1.54, 1.807) is 12.1 Å². The van der Waals surface area contributed by atoms with Crippen LogP contribution in [0.15, 0.2) is 24.3 Å². The Labute approximate surface area is 167 Å². The third-order valence-electron chi connectivity index (χ3n) is 4.23. The number of unbranched alkanes of at least 4 members (excludes halogenated alkanes) is 2. The maximum absolute atomic E-state index is 13.5. The molecule has 0 saturated heterocycles. The van der Waals surface area contributed by atoms with Crippen LogP contribution in [0.3, 0.4) is 0 Å². The van der Waals surface area contributed by atoms with Crippen molar-refractivity contribution < 1.29 is 39.7 Å². The van der Waals surface area contributed by atoms with Gasteiger partial charge < -0.3 is 9.64 Å². The van der Waals surface area contributed by atoms with E-state index in [1.807, 2.05) is 0 Å². The minimum atomic E-state index is -6.31. The van der Waals surface area contributed by atoms with Crippen LogP contribution in [0, 0.1) is 0 Å². The molecule has 1 N–H and O–H groups in total. The first-order valence-corrected chi connectivity index (χ1v) is 10.7. The first-order chi connectivity index (χ1) is 13.3. The highest BCUT2D eigenvalue weighted by atomic mass is 32.2. The summed E-state index contributed by atoms with van der Waals surface area (Å²) >= 11 is 0. The molecule has 1 atom stereocenters. The lowest BCUT2D eigenvalue weighted by Crippen LogP contribution is -2.51. The van der Waals surface area contributed by atoms with Crippen LogP contribution >= 0.6 is 0 Å². The summed E-state index contributed by atoms with van der Waals surface area (Å²) < 4.78 is 99.6. The molecule has 1 rings (SSSR count). The van der Waals surface area contributed by atoms with Gasteiger partial charge in [-0.15, -0.1) is 0 Å². The number of nitrogens with zero attached hydrogens (tertiary/aromatic N) is 1. The quantitative estimate of drug-likeness (QED) is 0.360. The molecule has 0 amide bonds. The van der Waals surface area contributed by atoms with E-state index in [9.17, 15) is 30.4 Å². The SMILES string of the molecule is CCCCN(CCCC)c1ccc(COC(C(F)(F)F)C(F)(F)S(=O)(=O)O)cc1. The maximum atomic E-state index is 13.5. The number of halogens is 5. The molecule has 1 unspecified atom stereocenters. The number of ether oxygens (including phenoxy) is 1. The van der Waals surface area contributed by atoms with E-state index in [4.69, 9.17) is 4.55 Å². The third kappa shape index (κ3) is 7.38. The molecular weight excluding hydrogens is 421 g/mol. The van der Waals surface area contributed by atoms with E-state index in [1.165, 1.54) is 12.1 Å². The lowest BCUT2D eigenvalue weighted by Gasteiger charge is -2.27. The fourth-order valence-electron chi connectivity index (χ4n) is 2.57. The molecule has 0 aliphatic rings. The zero-order valence-electron chi connectivity index (χ0n) is 16.3. The van der Waals surface area contributed by atoms with Gasteiger partial charge in [0.05, 0.1) is 6.61 Å². The Balaban J connectivity index is 2.92. The van der Waals surface area contributed by atoms with Crippen LogP contribution in [0.5, 0.6) is 0 Å². The number of alkyl halides is 5. The highest BCUT2D eigenvalue weighted by Crippen LogP contribution is 2.38. The predicted molar refractivity (Wildman–Crippen MR) is 99.6 cm³/mol. The maximum Gasteiger partial charge on any atom is 0.421 e. The lowest BCUT2D eigenvalue weighted by molar-refractivity contribution is -0.267. The van der Waals surface area contributed by atoms with Gasteiger partial charge in [0.1, 0.15) is 0 Å². The molecular formula is C18H26F5NO4S. The molecule has 0 heterocycles. The average molecular weight is 447 g/mol. The van der Waals surface area contributed by atoms with E-state index in [2.05, 4.69) is 23.5 Å². The zero-order chi connectivity index (χ0) is 22.3. The van der Waals surface area contributed by atoms with Gasteiger partial charge in [-0.2, -0.15) is 30.4 Å². The molecule has 29 heavy (non-hydrogen) atoms. The Kier molecular flexibility index (Phi) is 9.29. The van der Waals surface area contributed by atoms with Crippen LogP contribution in [-0.2, 0) is 21.5 Å². The highest BCUT2D eigenvalue weighted by molar-refractivity contribution is 7.86. The largest absolute Gasteiger partial charge is 0.421 e. The van der Waals surface area contributed by atoms with Gasteiger partial charge in [0.2, 0.25) is 6.10 Å². The number of benzene rings is 1. The minimum absolute atomic E-state index is 0.153. The molecule has 1 aromatic rings. The van der Waals surface area contributed by atoms with E-state index in [0.29, 0.717) is 0 Å². The Bertz CT molecular complexity index is 715. The first kappa shape index (κ1) is 25.6. The van der Waals surface area contributed by atoms with E-state index in [-0.39, 0.29) is 5.56 Å². The number of hydrogen-bond acceptors (Lipinski definition) is 4. The predicted octanol–water partition coefficient (Wildman–Crippen LogP) is 5.02. The summed E-state index contributed by atoms with van der Waals surface area (Å²) in [6, 6.07) is 6.15. The smallest absolute Gasteiger partial charge is 0.372 e. The topological polar surface area (TPSA) is 66.8 Å². The van der Waals surface area contributed by atoms with Crippen molar-refractivity contribution in [1.29, 1.82) is 0 Å². The lowest BCUT2D eigenvalue weighted by atomic mass is 10.1. The highest BCUT2D eigenvalue weighted by Gasteiger charge is 2.64. The van der Waals surface area contributed by atoms with Crippen LogP contribution in [0.1, 0.15) is 45.1 Å². The third-order valence-corrected chi connectivity index (χ3v) is 5.13. The van der Waals surface area contributed by atoms with Crippen molar-refractivity contribution in [2.45, 2.75) is 63.7 Å². The number of rotatable bonds is 12. The van der Waals surface area contributed by atoms with E-state index >= 15 is 0 Å². The van der Waals surface area contributed by atoms with Crippen molar-refractivity contribution in [3.63, 3.8) is 0 Å². The molecule has 0 spiro atoms. The summed E-state index contributed by atoms with van der Waals surface area (Å²) in [5.41, 5.74) is 0.992. The number of hydrogen-bond donors (Lipinski definition) is 1. The second kappa shape index (κ2) is 10.5. The molecule has 11 heteroatoms. The average Bonchev–Trinajstić information content (AvgIpc) is 2.60. The normalized spacial score (nSPS) is 14.1.